The zero-order valence-corrected chi connectivity index (χ0v) is 18.0. The molecule has 0 fully saturated rings. The summed E-state index contributed by atoms with van der Waals surface area (Å²) < 4.78 is 5.31. The van der Waals surface area contributed by atoms with Crippen LogP contribution in [0.1, 0.15) is 37.5 Å². The van der Waals surface area contributed by atoms with E-state index in [1.807, 2.05) is 53.0 Å². The van der Waals surface area contributed by atoms with Gasteiger partial charge in [0.25, 0.3) is 0 Å². The van der Waals surface area contributed by atoms with Crippen LogP contribution in [0.4, 0.5) is 0 Å². The van der Waals surface area contributed by atoms with Crippen molar-refractivity contribution in [1.82, 2.24) is 5.32 Å². The van der Waals surface area contributed by atoms with Crippen molar-refractivity contribution < 1.29 is 14.3 Å². The second-order valence-electron chi connectivity index (χ2n) is 6.54. The molecule has 0 bridgehead atoms. The molecule has 0 aliphatic carbocycles. The number of nitrogens with one attached hydrogen (secondary N) is 1. The molecule has 0 aliphatic rings. The molecule has 4 nitrogen and oxygen atoms in total. The Morgan fingerprint density at radius 2 is 1.83 bits per heavy atom. The van der Waals surface area contributed by atoms with Crippen molar-refractivity contribution in [3.05, 3.63) is 34.9 Å². The molecule has 1 aromatic carbocycles. The molecule has 1 N–H and O–H groups in total. The van der Waals surface area contributed by atoms with Crippen molar-refractivity contribution in [2.24, 2.45) is 0 Å². The molecule has 24 heavy (non-hydrogen) atoms. The number of benzene rings is 1. The van der Waals surface area contributed by atoms with E-state index in [-0.39, 0.29) is 0 Å². The Morgan fingerprint density at radius 3 is 2.29 bits per heavy atom. The molecule has 139 valence electrons. The molecule has 0 aromatic heterocycles. The van der Waals surface area contributed by atoms with Crippen molar-refractivity contribution in [2.75, 3.05) is 0 Å². The van der Waals surface area contributed by atoms with Gasteiger partial charge in [-0.05, 0) is 45.7 Å². The van der Waals surface area contributed by atoms with Gasteiger partial charge in [-0.1, -0.05) is 37.4 Å². The summed E-state index contributed by atoms with van der Waals surface area (Å²) in [5.41, 5.74) is 2.63. The van der Waals surface area contributed by atoms with Crippen LogP contribution in [0.2, 0.25) is 13.6 Å². The van der Waals surface area contributed by atoms with Gasteiger partial charge in [0.2, 0.25) is 0 Å². The van der Waals surface area contributed by atoms with Crippen LogP contribution in [0, 0.1) is 13.8 Å². The summed E-state index contributed by atoms with van der Waals surface area (Å²) >= 11 is 0. The average molecular weight is 574 g/mol. The normalized spacial score (nSPS) is 11.1. The Kier molecular flexibility index (Phi) is 10.6. The van der Waals surface area contributed by atoms with Crippen molar-refractivity contribution >= 4 is 19.7 Å². The second kappa shape index (κ2) is 10.9. The van der Waals surface area contributed by atoms with E-state index in [1.165, 1.54) is 0 Å². The maximum absolute atomic E-state index is 12.1. The van der Waals surface area contributed by atoms with Crippen LogP contribution >= 0.6 is 0 Å². The Labute approximate surface area is 141 Å². The molecular weight excluding hydrogens is 546 g/mol. The standard InChI is InChI=1S/C16H22NO3.C2H6B.Fm/c1-11-6-7-12(2)13(8-11)9-14(17-10-18)15(19)20-16(3,4)5;1-3-2;/h6-8,14H,9H2,1-5H3,(H,17,18);1-2H3;/q-1;;. The first-order valence-electron chi connectivity index (χ1n) is 7.80. The van der Waals surface area contributed by atoms with Gasteiger partial charge in [-0.2, -0.15) is 6.41 Å². The molecule has 0 saturated carbocycles. The number of rotatable bonds is 5. The number of carbonyl (C=O) groups is 1. The number of ether oxygens (including phenoxy) is 1. The van der Waals surface area contributed by atoms with Crippen molar-refractivity contribution in [2.45, 2.75) is 66.3 Å². The molecule has 0 aliphatic heterocycles. The fraction of sp³-hybridized carbons (Fsp3) is 0.556. The van der Waals surface area contributed by atoms with E-state index in [4.69, 9.17) is 4.74 Å². The first-order chi connectivity index (χ1) is 10.6. The van der Waals surface area contributed by atoms with Gasteiger partial charge in [0.1, 0.15) is 18.9 Å². The van der Waals surface area contributed by atoms with E-state index in [0.29, 0.717) is 6.42 Å². The second-order valence-corrected chi connectivity index (χ2v) is 6.54. The van der Waals surface area contributed by atoms with Crippen LogP contribution in [0.25, 0.3) is 0 Å². The van der Waals surface area contributed by atoms with Gasteiger partial charge in [-0.15, -0.1) is 0 Å². The van der Waals surface area contributed by atoms with Crippen molar-refractivity contribution in [3.8, 4) is 0 Å². The number of esters is 1. The van der Waals surface area contributed by atoms with Gasteiger partial charge < -0.3 is 14.8 Å². The van der Waals surface area contributed by atoms with E-state index in [2.05, 4.69) is 5.32 Å². The van der Waals surface area contributed by atoms with Gasteiger partial charge in [0.15, 0.2) is 0 Å². The monoisotopic (exact) mass is 574 g/mol. The molecule has 0 heterocycles. The van der Waals surface area contributed by atoms with E-state index < -0.39 is 17.6 Å². The summed E-state index contributed by atoms with van der Waals surface area (Å²) in [6.45, 7) is 13.4. The predicted molar refractivity (Wildman–Crippen MR) is 95.6 cm³/mol. The molecule has 1 unspecified atom stereocenters. The number of carbonyl (C=O) groups excluding carboxylic acids is 2. The zero-order valence-electron chi connectivity index (χ0n) is 15.6. The van der Waals surface area contributed by atoms with E-state index >= 15 is 0 Å². The molecule has 0 spiro atoms. The average Bonchev–Trinajstić information content (AvgIpc) is 2.41. The third kappa shape index (κ3) is 9.28. The smallest absolute Gasteiger partial charge is 0.326 e. The van der Waals surface area contributed by atoms with E-state index in [1.54, 1.807) is 27.2 Å². The Bertz CT molecular complexity index is 515. The summed E-state index contributed by atoms with van der Waals surface area (Å²) in [7, 11) is 2.00. The number of hydrogen-bond acceptors (Lipinski definition) is 3. The summed E-state index contributed by atoms with van der Waals surface area (Å²) in [4.78, 5) is 22.7. The van der Waals surface area contributed by atoms with Gasteiger partial charge in [-0.3, -0.25) is 0 Å². The largest absolute Gasteiger partial charge is 0.520 e. The molecule has 1 aromatic rings. The van der Waals surface area contributed by atoms with Crippen LogP contribution in [0.3, 0.4) is 0 Å². The molecule has 6 heteroatoms. The predicted octanol–water partition coefficient (Wildman–Crippen LogP) is 3.00. The van der Waals surface area contributed by atoms with Crippen molar-refractivity contribution in [3.63, 3.8) is 0 Å². The Balaban J connectivity index is 0. The van der Waals surface area contributed by atoms with Gasteiger partial charge in [-0.25, -0.2) is 4.79 Å². The van der Waals surface area contributed by atoms with E-state index in [0.717, 1.165) is 16.7 Å². The summed E-state index contributed by atoms with van der Waals surface area (Å²) in [5.74, 6) is -0.443. The summed E-state index contributed by atoms with van der Waals surface area (Å²) in [5, 5.41) is 2.42. The van der Waals surface area contributed by atoms with Crippen molar-refractivity contribution in [1.29, 1.82) is 0 Å². The minimum atomic E-state index is -0.716. The van der Waals surface area contributed by atoms with Gasteiger partial charge >= 0.3 is 5.97 Å². The third-order valence-corrected chi connectivity index (χ3v) is 2.85. The number of aryl methyl sites for hydroxylation is 2. The molecule has 0 saturated heterocycles. The number of amides is 1. The fourth-order valence-corrected chi connectivity index (χ4v) is 1.88. The molecule has 1 rings (SSSR count). The Hall–Kier alpha value is -2.78. The van der Waals surface area contributed by atoms with Crippen LogP contribution < -0.4 is 5.32 Å². The molecule has 1 atom stereocenters. The van der Waals surface area contributed by atoms with Crippen LogP contribution in [-0.2, 0) is 20.7 Å². The Morgan fingerprint density at radius 1 is 1.29 bits per heavy atom. The molecular formula is C18H28BFmNO3-. The first kappa shape index (κ1) is 23.5. The maximum Gasteiger partial charge on any atom is 0.326 e. The summed E-state index contributed by atoms with van der Waals surface area (Å²) in [6, 6.07) is 5.31. The van der Waals surface area contributed by atoms with Crippen LogP contribution in [-0.4, -0.2) is 31.3 Å². The number of hydrogen-bond donors (Lipinski definition) is 1. The minimum absolute atomic E-state index is 0. The van der Waals surface area contributed by atoms with E-state index in [9.17, 15) is 9.59 Å². The topological polar surface area (TPSA) is 55.4 Å². The minimum Gasteiger partial charge on any atom is -0.520 e. The van der Waals surface area contributed by atoms with Crippen LogP contribution in [0.5, 0.6) is 0 Å². The first-order valence-corrected chi connectivity index (χ1v) is 7.80. The fourth-order valence-electron chi connectivity index (χ4n) is 1.88. The summed E-state index contributed by atoms with van der Waals surface area (Å²) in [6.07, 6.45) is 1.99. The maximum atomic E-state index is 12.1. The van der Waals surface area contributed by atoms with Gasteiger partial charge in [0.05, 0.1) is 0 Å². The zero-order chi connectivity index (χ0) is 18.0. The third-order valence-electron chi connectivity index (χ3n) is 2.85. The quantitative estimate of drug-likeness (QED) is 0.255. The SMILES string of the molecule is C[B]C.Cc1ccc(C)c(CC(N[C-]=O)C(=O)OC(C)(C)C)c1.[Fm]. The molecule has 1 radical (unpaired) electrons. The van der Waals surface area contributed by atoms with Crippen LogP contribution in [0.15, 0.2) is 18.2 Å². The molecule has 1 amide bonds. The van der Waals surface area contributed by atoms with Gasteiger partial charge in [0, 0.05) is 6.42 Å².